The van der Waals surface area contributed by atoms with E-state index < -0.39 is 0 Å². The molecule has 4 bridgehead atoms. The summed E-state index contributed by atoms with van der Waals surface area (Å²) in [6.45, 7) is 0. The van der Waals surface area contributed by atoms with Gasteiger partial charge in [0.25, 0.3) is 0 Å². The highest BCUT2D eigenvalue weighted by atomic mass is 127. The summed E-state index contributed by atoms with van der Waals surface area (Å²) in [5.74, 6) is 3.96. The van der Waals surface area contributed by atoms with E-state index in [9.17, 15) is 0 Å². The second-order valence-electron chi connectivity index (χ2n) is 6.66. The van der Waals surface area contributed by atoms with Gasteiger partial charge in [0.15, 0.2) is 0 Å². The van der Waals surface area contributed by atoms with Crippen molar-refractivity contribution in [2.75, 3.05) is 0 Å². The van der Waals surface area contributed by atoms with Crippen LogP contribution >= 0.6 is 22.6 Å². The predicted octanol–water partition coefficient (Wildman–Crippen LogP) is 4.64. The number of hydrogen-bond donors (Lipinski definition) is 0. The molecule has 0 amide bonds. The topological polar surface area (TPSA) is 9.23 Å². The van der Waals surface area contributed by atoms with Crippen LogP contribution in [0.15, 0.2) is 24.3 Å². The standard InChI is InChI=1S/C16H19IO/c17-14-1-3-15(4-2-14)18-16-8-11-5-12(9-16)7-13(6-11)10-16/h1-4,11-13H,5-10H2. The van der Waals surface area contributed by atoms with Crippen LogP contribution in [-0.4, -0.2) is 5.60 Å². The van der Waals surface area contributed by atoms with Gasteiger partial charge in [0.05, 0.1) is 0 Å². The summed E-state index contributed by atoms with van der Waals surface area (Å²) in [5.41, 5.74) is 0.196. The molecule has 0 aromatic heterocycles. The van der Waals surface area contributed by atoms with Gasteiger partial charge in [-0.25, -0.2) is 0 Å². The maximum absolute atomic E-state index is 6.47. The fourth-order valence-corrected chi connectivity index (χ4v) is 5.27. The molecule has 1 nitrogen and oxygen atoms in total. The zero-order valence-corrected chi connectivity index (χ0v) is 12.7. The lowest BCUT2D eigenvalue weighted by atomic mass is 9.54. The first-order chi connectivity index (χ1) is 8.71. The molecule has 4 saturated carbocycles. The molecule has 0 spiro atoms. The number of rotatable bonds is 2. The van der Waals surface area contributed by atoms with Gasteiger partial charge < -0.3 is 4.74 Å². The Hall–Kier alpha value is -0.250. The van der Waals surface area contributed by atoms with Crippen molar-refractivity contribution in [3.8, 4) is 5.75 Å². The van der Waals surface area contributed by atoms with Crippen molar-refractivity contribution < 1.29 is 4.74 Å². The molecular weight excluding hydrogens is 335 g/mol. The zero-order valence-electron chi connectivity index (χ0n) is 10.6. The van der Waals surface area contributed by atoms with Crippen LogP contribution in [0.1, 0.15) is 38.5 Å². The van der Waals surface area contributed by atoms with Crippen molar-refractivity contribution in [3.63, 3.8) is 0 Å². The number of halogens is 1. The monoisotopic (exact) mass is 354 g/mol. The van der Waals surface area contributed by atoms with Crippen molar-refractivity contribution >= 4 is 22.6 Å². The minimum absolute atomic E-state index is 0.196. The van der Waals surface area contributed by atoms with Gasteiger partial charge >= 0.3 is 0 Å². The van der Waals surface area contributed by atoms with Crippen LogP contribution in [-0.2, 0) is 0 Å². The average molecular weight is 354 g/mol. The third-order valence-corrected chi connectivity index (χ3v) is 5.85. The van der Waals surface area contributed by atoms with Crippen LogP contribution < -0.4 is 4.74 Å². The Balaban J connectivity index is 1.58. The second-order valence-corrected chi connectivity index (χ2v) is 7.90. The molecule has 5 rings (SSSR count). The van der Waals surface area contributed by atoms with Crippen molar-refractivity contribution in [2.24, 2.45) is 17.8 Å². The molecule has 4 fully saturated rings. The molecule has 1 aromatic carbocycles. The smallest absolute Gasteiger partial charge is 0.120 e. The predicted molar refractivity (Wildman–Crippen MR) is 80.7 cm³/mol. The Labute approximate surface area is 122 Å². The van der Waals surface area contributed by atoms with Crippen LogP contribution in [0.3, 0.4) is 0 Å². The summed E-state index contributed by atoms with van der Waals surface area (Å²) >= 11 is 2.35. The highest BCUT2D eigenvalue weighted by molar-refractivity contribution is 14.1. The van der Waals surface area contributed by atoms with Gasteiger partial charge in [-0.15, -0.1) is 0 Å². The minimum Gasteiger partial charge on any atom is -0.487 e. The van der Waals surface area contributed by atoms with Gasteiger partial charge in [-0.2, -0.15) is 0 Å². The van der Waals surface area contributed by atoms with Gasteiger partial charge in [0, 0.05) is 3.57 Å². The van der Waals surface area contributed by atoms with Crippen LogP contribution in [0.2, 0.25) is 0 Å². The molecule has 0 heterocycles. The summed E-state index contributed by atoms with van der Waals surface area (Å²) in [4.78, 5) is 0. The minimum atomic E-state index is 0.196. The van der Waals surface area contributed by atoms with Gasteiger partial charge in [-0.05, 0) is 103 Å². The maximum Gasteiger partial charge on any atom is 0.120 e. The highest BCUT2D eigenvalue weighted by Gasteiger charge is 2.52. The van der Waals surface area contributed by atoms with E-state index in [1.54, 1.807) is 0 Å². The summed E-state index contributed by atoms with van der Waals surface area (Å²) in [5, 5.41) is 0. The fraction of sp³-hybridized carbons (Fsp3) is 0.625. The summed E-state index contributed by atoms with van der Waals surface area (Å²) in [7, 11) is 0. The largest absolute Gasteiger partial charge is 0.487 e. The highest BCUT2D eigenvalue weighted by Crippen LogP contribution is 2.56. The van der Waals surface area contributed by atoms with Crippen LogP contribution in [0.5, 0.6) is 5.75 Å². The first-order valence-corrected chi connectivity index (χ1v) is 8.23. The Morgan fingerprint density at radius 1 is 0.889 bits per heavy atom. The average Bonchev–Trinajstić information content (AvgIpc) is 2.30. The van der Waals surface area contributed by atoms with E-state index in [0.717, 1.165) is 23.5 Å². The number of benzene rings is 1. The molecule has 2 heteroatoms. The van der Waals surface area contributed by atoms with E-state index in [1.807, 2.05) is 0 Å². The van der Waals surface area contributed by atoms with E-state index in [1.165, 1.54) is 42.1 Å². The normalized spacial score (nSPS) is 41.1. The van der Waals surface area contributed by atoms with E-state index >= 15 is 0 Å². The van der Waals surface area contributed by atoms with Crippen LogP contribution in [0.25, 0.3) is 0 Å². The Morgan fingerprint density at radius 3 is 1.89 bits per heavy atom. The first-order valence-electron chi connectivity index (χ1n) is 7.15. The van der Waals surface area contributed by atoms with Crippen LogP contribution in [0, 0.1) is 21.3 Å². The molecule has 0 aliphatic heterocycles. The summed E-state index contributed by atoms with van der Waals surface area (Å²) in [6.07, 6.45) is 8.38. The molecule has 4 aliphatic carbocycles. The van der Waals surface area contributed by atoms with Crippen molar-refractivity contribution in [1.82, 2.24) is 0 Å². The molecule has 1 aromatic rings. The molecule has 0 saturated heterocycles. The molecule has 0 N–H and O–H groups in total. The number of hydrogen-bond acceptors (Lipinski definition) is 1. The van der Waals surface area contributed by atoms with E-state index in [2.05, 4.69) is 46.9 Å². The third-order valence-electron chi connectivity index (χ3n) is 5.13. The zero-order chi connectivity index (χ0) is 12.2. The molecule has 4 aliphatic rings. The van der Waals surface area contributed by atoms with Gasteiger partial charge in [0.2, 0.25) is 0 Å². The van der Waals surface area contributed by atoms with E-state index in [-0.39, 0.29) is 5.60 Å². The Kier molecular flexibility index (Phi) is 2.65. The van der Waals surface area contributed by atoms with Crippen molar-refractivity contribution in [2.45, 2.75) is 44.1 Å². The van der Waals surface area contributed by atoms with Crippen LogP contribution in [0.4, 0.5) is 0 Å². The quantitative estimate of drug-likeness (QED) is 0.703. The van der Waals surface area contributed by atoms with E-state index in [0.29, 0.717) is 0 Å². The molecule has 18 heavy (non-hydrogen) atoms. The lowest BCUT2D eigenvalue weighted by Crippen LogP contribution is -2.53. The van der Waals surface area contributed by atoms with E-state index in [4.69, 9.17) is 4.74 Å². The molecular formula is C16H19IO. The van der Waals surface area contributed by atoms with Gasteiger partial charge in [-0.1, -0.05) is 0 Å². The Bertz CT molecular complexity index is 415. The van der Waals surface area contributed by atoms with Crippen molar-refractivity contribution in [3.05, 3.63) is 27.8 Å². The second kappa shape index (κ2) is 4.12. The number of ether oxygens (including phenoxy) is 1. The first kappa shape index (κ1) is 11.6. The molecule has 96 valence electrons. The third kappa shape index (κ3) is 1.97. The fourth-order valence-electron chi connectivity index (χ4n) is 4.91. The summed E-state index contributed by atoms with van der Waals surface area (Å²) < 4.78 is 7.75. The Morgan fingerprint density at radius 2 is 1.39 bits per heavy atom. The molecule has 0 radical (unpaired) electrons. The van der Waals surface area contributed by atoms with Crippen molar-refractivity contribution in [1.29, 1.82) is 0 Å². The molecule has 0 atom stereocenters. The van der Waals surface area contributed by atoms with Gasteiger partial charge in [0.1, 0.15) is 11.4 Å². The molecule has 0 unspecified atom stereocenters. The lowest BCUT2D eigenvalue weighted by molar-refractivity contribution is -0.107. The maximum atomic E-state index is 6.47. The lowest BCUT2D eigenvalue weighted by Gasteiger charge is -2.56. The van der Waals surface area contributed by atoms with Gasteiger partial charge in [-0.3, -0.25) is 0 Å². The summed E-state index contributed by atoms with van der Waals surface area (Å²) in [6, 6.07) is 8.58. The SMILES string of the molecule is Ic1ccc(OC23CC4CC(CC(C4)C2)C3)cc1.